The van der Waals surface area contributed by atoms with E-state index < -0.39 is 11.7 Å². The normalized spacial score (nSPS) is 13.8. The maximum atomic E-state index is 13.0. The number of halogens is 3. The first-order chi connectivity index (χ1) is 13.4. The van der Waals surface area contributed by atoms with E-state index in [1.807, 2.05) is 28.5 Å². The van der Waals surface area contributed by atoms with E-state index in [1.165, 1.54) is 35.4 Å². The molecule has 0 saturated carbocycles. The molecule has 1 aromatic heterocycles. The summed E-state index contributed by atoms with van der Waals surface area (Å²) in [5.41, 5.74) is 1.53. The quantitative estimate of drug-likeness (QED) is 0.512. The highest BCUT2D eigenvalue weighted by molar-refractivity contribution is 8.00. The zero-order chi connectivity index (χ0) is 19.7. The summed E-state index contributed by atoms with van der Waals surface area (Å²) in [6.45, 7) is 2.73. The fourth-order valence-corrected chi connectivity index (χ4v) is 4.27. The average Bonchev–Trinajstić information content (AvgIpc) is 3.18. The maximum absolute atomic E-state index is 13.0. The summed E-state index contributed by atoms with van der Waals surface area (Å²) in [5.74, 6) is 0.705. The zero-order valence-electron chi connectivity index (χ0n) is 14.8. The van der Waals surface area contributed by atoms with Crippen LogP contribution in [0.4, 0.5) is 29.7 Å². The van der Waals surface area contributed by atoms with Crippen LogP contribution in [0.2, 0.25) is 0 Å². The molecular weight excluding hydrogens is 407 g/mol. The van der Waals surface area contributed by atoms with E-state index in [4.69, 9.17) is 4.74 Å². The second-order valence-electron chi connectivity index (χ2n) is 6.17. The van der Waals surface area contributed by atoms with Crippen LogP contribution in [0, 0.1) is 6.92 Å². The highest BCUT2D eigenvalue weighted by atomic mass is 32.2. The number of alkyl halides is 3. The molecule has 146 valence electrons. The maximum Gasteiger partial charge on any atom is 0.416 e. The van der Waals surface area contributed by atoms with Crippen molar-refractivity contribution >= 4 is 39.8 Å². The third-order valence-electron chi connectivity index (χ3n) is 4.30. The average molecular weight is 423 g/mol. The van der Waals surface area contributed by atoms with Crippen LogP contribution in [-0.4, -0.2) is 18.1 Å². The zero-order valence-corrected chi connectivity index (χ0v) is 16.4. The molecule has 3 aromatic rings. The van der Waals surface area contributed by atoms with Crippen molar-refractivity contribution in [3.05, 3.63) is 59.1 Å². The molecule has 1 aliphatic rings. The van der Waals surface area contributed by atoms with Gasteiger partial charge in [-0.2, -0.15) is 13.2 Å². The Morgan fingerprint density at radius 3 is 2.71 bits per heavy atom. The number of thiazole rings is 1. The molecule has 0 spiro atoms. The number of rotatable bonds is 4. The van der Waals surface area contributed by atoms with Gasteiger partial charge in [0.05, 0.1) is 17.8 Å². The van der Waals surface area contributed by atoms with E-state index >= 15 is 0 Å². The van der Waals surface area contributed by atoms with Gasteiger partial charge < -0.3 is 14.4 Å². The van der Waals surface area contributed by atoms with Gasteiger partial charge in [-0.1, -0.05) is 0 Å². The van der Waals surface area contributed by atoms with Gasteiger partial charge in [-0.25, -0.2) is 4.98 Å². The Balaban J connectivity index is 1.59. The predicted molar refractivity (Wildman–Crippen MR) is 107 cm³/mol. The molecular formula is C19H16F3N3OS2. The summed E-state index contributed by atoms with van der Waals surface area (Å²) in [4.78, 5) is 7.13. The van der Waals surface area contributed by atoms with Crippen molar-refractivity contribution in [1.29, 1.82) is 0 Å². The first-order valence-corrected chi connectivity index (χ1v) is 10.2. The van der Waals surface area contributed by atoms with Gasteiger partial charge in [0, 0.05) is 22.2 Å². The van der Waals surface area contributed by atoms with E-state index in [1.54, 1.807) is 13.1 Å². The van der Waals surface area contributed by atoms with Gasteiger partial charge in [-0.3, -0.25) is 0 Å². The minimum absolute atomic E-state index is 0.460. The first-order valence-electron chi connectivity index (χ1n) is 8.46. The first kappa shape index (κ1) is 18.9. The number of hydrogen-bond donors (Lipinski definition) is 1. The Morgan fingerprint density at radius 2 is 2.00 bits per heavy atom. The molecule has 28 heavy (non-hydrogen) atoms. The molecule has 0 aliphatic carbocycles. The largest absolute Gasteiger partial charge is 0.489 e. The molecule has 0 fully saturated rings. The lowest BCUT2D eigenvalue weighted by Gasteiger charge is -2.32. The predicted octanol–water partition coefficient (Wildman–Crippen LogP) is 6.12. The number of aromatic nitrogens is 1. The molecule has 0 amide bonds. The molecule has 9 heteroatoms. The summed E-state index contributed by atoms with van der Waals surface area (Å²) in [5, 5.41) is 2.70. The molecule has 0 radical (unpaired) electrons. The van der Waals surface area contributed by atoms with E-state index in [0.29, 0.717) is 24.5 Å². The van der Waals surface area contributed by atoms with Gasteiger partial charge in [0.15, 0.2) is 5.13 Å². The lowest BCUT2D eigenvalue weighted by atomic mass is 10.1. The number of ether oxygens (including phenoxy) is 1. The van der Waals surface area contributed by atoms with Gasteiger partial charge in [0.2, 0.25) is 0 Å². The smallest absolute Gasteiger partial charge is 0.416 e. The van der Waals surface area contributed by atoms with Gasteiger partial charge in [0.25, 0.3) is 0 Å². The van der Waals surface area contributed by atoms with Crippen LogP contribution in [0.15, 0.2) is 52.9 Å². The summed E-state index contributed by atoms with van der Waals surface area (Å²) in [6.07, 6.45) is -2.61. The van der Waals surface area contributed by atoms with Crippen LogP contribution < -0.4 is 14.4 Å². The van der Waals surface area contributed by atoms with Crippen molar-refractivity contribution in [3.8, 4) is 5.75 Å². The summed E-state index contributed by atoms with van der Waals surface area (Å²) < 4.78 is 47.8. The Labute approximate surface area is 168 Å². The third kappa shape index (κ3) is 3.90. The number of aryl methyl sites for hydroxylation is 1. The second-order valence-corrected chi connectivity index (χ2v) is 7.94. The topological polar surface area (TPSA) is 37.4 Å². The lowest BCUT2D eigenvalue weighted by Crippen LogP contribution is -2.29. The number of nitrogens with zero attached hydrogens (tertiary/aromatic N) is 2. The molecule has 0 bridgehead atoms. The number of nitrogens with one attached hydrogen (secondary N) is 1. The Bertz CT molecular complexity index is 977. The third-order valence-corrected chi connectivity index (χ3v) is 5.90. The van der Waals surface area contributed by atoms with E-state index in [0.717, 1.165) is 27.5 Å². The van der Waals surface area contributed by atoms with Crippen LogP contribution in [-0.2, 0) is 6.18 Å². The van der Waals surface area contributed by atoms with Crippen LogP contribution in [0.3, 0.4) is 0 Å². The van der Waals surface area contributed by atoms with Crippen LogP contribution in [0.25, 0.3) is 0 Å². The van der Waals surface area contributed by atoms with Crippen molar-refractivity contribution in [2.45, 2.75) is 18.0 Å². The molecule has 1 N–H and O–H groups in total. The summed E-state index contributed by atoms with van der Waals surface area (Å²) >= 11 is 2.94. The molecule has 4 nitrogen and oxygen atoms in total. The highest BCUT2D eigenvalue weighted by Gasteiger charge is 2.31. The summed E-state index contributed by atoms with van der Waals surface area (Å²) in [7, 11) is 0. The Morgan fingerprint density at radius 1 is 1.18 bits per heavy atom. The number of hydrogen-bond acceptors (Lipinski definition) is 6. The fourth-order valence-electron chi connectivity index (χ4n) is 3.03. The van der Waals surface area contributed by atoms with Gasteiger partial charge in [-0.15, -0.1) is 11.3 Å². The minimum Gasteiger partial charge on any atom is -0.489 e. The second kappa shape index (κ2) is 7.56. The van der Waals surface area contributed by atoms with Crippen LogP contribution in [0.1, 0.15) is 11.1 Å². The van der Waals surface area contributed by atoms with Gasteiger partial charge in [-0.05, 0) is 60.8 Å². The highest BCUT2D eigenvalue weighted by Crippen LogP contribution is 2.41. The Hall–Kier alpha value is -2.39. The van der Waals surface area contributed by atoms with Crippen molar-refractivity contribution in [1.82, 2.24) is 4.98 Å². The molecule has 2 aromatic carbocycles. The monoisotopic (exact) mass is 423 g/mol. The molecule has 0 atom stereocenters. The number of fused-ring (bicyclic) bond motifs is 1. The number of anilines is 3. The summed E-state index contributed by atoms with van der Waals surface area (Å²) in [6, 6.07) is 9.64. The van der Waals surface area contributed by atoms with Crippen LogP contribution >= 0.6 is 23.3 Å². The number of benzene rings is 2. The van der Waals surface area contributed by atoms with Crippen molar-refractivity contribution in [2.24, 2.45) is 0 Å². The van der Waals surface area contributed by atoms with Gasteiger partial charge >= 0.3 is 6.18 Å². The van der Waals surface area contributed by atoms with E-state index in [-0.39, 0.29) is 0 Å². The van der Waals surface area contributed by atoms with E-state index in [2.05, 4.69) is 9.71 Å². The standard InChI is InChI=1S/C19H16F3N3OS2/c1-12-10-13(19(20,21)22)2-4-15(12)25-7-8-26-17-11-14(3-5-16(17)25)28-24-18-23-6-9-27-18/h2-6,9-11H,7-8H2,1H3,(H,23,24). The van der Waals surface area contributed by atoms with Crippen LogP contribution in [0.5, 0.6) is 5.75 Å². The Kier molecular flexibility index (Phi) is 5.11. The van der Waals surface area contributed by atoms with E-state index in [9.17, 15) is 13.2 Å². The SMILES string of the molecule is Cc1cc(C(F)(F)F)ccc1N1CCOc2cc(SNc3nccs3)ccc21. The minimum atomic E-state index is -4.34. The van der Waals surface area contributed by atoms with Crippen molar-refractivity contribution in [2.75, 3.05) is 22.8 Å². The fraction of sp³-hybridized carbons (Fsp3) is 0.211. The molecule has 0 saturated heterocycles. The molecule has 0 unspecified atom stereocenters. The molecule has 1 aliphatic heterocycles. The van der Waals surface area contributed by atoms with Crippen molar-refractivity contribution in [3.63, 3.8) is 0 Å². The molecule has 2 heterocycles. The van der Waals surface area contributed by atoms with Gasteiger partial charge in [0.1, 0.15) is 12.4 Å². The lowest BCUT2D eigenvalue weighted by molar-refractivity contribution is -0.137. The van der Waals surface area contributed by atoms with Crippen molar-refractivity contribution < 1.29 is 17.9 Å². The molecule has 4 rings (SSSR count).